The number of carbonyl (C=O) groups is 1. The summed E-state index contributed by atoms with van der Waals surface area (Å²) in [6.45, 7) is 12.2. The second kappa shape index (κ2) is 9.35. The molecule has 4 heteroatoms. The molecule has 0 rings (SSSR count). The highest BCUT2D eigenvalue weighted by atomic mass is 16.4. The quantitative estimate of drug-likeness (QED) is 0.573. The van der Waals surface area contributed by atoms with E-state index in [0.717, 1.165) is 25.3 Å². The first kappa shape index (κ1) is 19.4. The third-order valence-corrected chi connectivity index (χ3v) is 4.04. The maximum absolute atomic E-state index is 11.3. The van der Waals surface area contributed by atoms with Crippen LogP contribution in [-0.4, -0.2) is 47.7 Å². The van der Waals surface area contributed by atoms with Gasteiger partial charge in [0.25, 0.3) is 0 Å². The number of nitrogens with zero attached hydrogens (tertiary/aromatic N) is 1. The van der Waals surface area contributed by atoms with Crippen molar-refractivity contribution in [2.45, 2.75) is 71.9 Å². The molecule has 0 spiro atoms. The monoisotopic (exact) mass is 286 g/mol. The molecule has 4 nitrogen and oxygen atoms in total. The highest BCUT2D eigenvalue weighted by molar-refractivity contribution is 5.78. The predicted molar refractivity (Wildman–Crippen MR) is 85.1 cm³/mol. The largest absolute Gasteiger partial charge is 0.480 e. The van der Waals surface area contributed by atoms with Crippen molar-refractivity contribution in [3.8, 4) is 0 Å². The lowest BCUT2D eigenvalue weighted by atomic mass is 9.94. The van der Waals surface area contributed by atoms with Gasteiger partial charge in [-0.15, -0.1) is 0 Å². The summed E-state index contributed by atoms with van der Waals surface area (Å²) in [7, 11) is 2.16. The van der Waals surface area contributed by atoms with Crippen molar-refractivity contribution in [1.82, 2.24) is 10.2 Å². The van der Waals surface area contributed by atoms with Gasteiger partial charge in [-0.3, -0.25) is 4.79 Å². The summed E-state index contributed by atoms with van der Waals surface area (Å²) in [5.74, 6) is -0.0302. The average molecular weight is 286 g/mol. The van der Waals surface area contributed by atoms with Gasteiger partial charge in [0, 0.05) is 6.04 Å². The number of likely N-dealkylation sites (N-methyl/N-ethyl adjacent to an activating group) is 1. The van der Waals surface area contributed by atoms with Gasteiger partial charge in [0.15, 0.2) is 0 Å². The van der Waals surface area contributed by atoms with Crippen molar-refractivity contribution in [2.24, 2.45) is 5.92 Å². The Morgan fingerprint density at radius 1 is 1.30 bits per heavy atom. The van der Waals surface area contributed by atoms with E-state index in [1.807, 2.05) is 6.92 Å². The Morgan fingerprint density at radius 2 is 1.90 bits per heavy atom. The Bertz CT molecular complexity index is 282. The van der Waals surface area contributed by atoms with E-state index in [1.165, 1.54) is 6.42 Å². The molecule has 2 atom stereocenters. The maximum atomic E-state index is 11.3. The van der Waals surface area contributed by atoms with E-state index < -0.39 is 11.5 Å². The highest BCUT2D eigenvalue weighted by Crippen LogP contribution is 2.16. The molecule has 0 saturated heterocycles. The SMILES string of the molecule is CCNC(C)(CCCCN(C)C(C)CC(C)C)C(=O)O. The van der Waals surface area contributed by atoms with Gasteiger partial charge >= 0.3 is 5.97 Å². The Hall–Kier alpha value is -0.610. The molecular weight excluding hydrogens is 252 g/mol. The lowest BCUT2D eigenvalue weighted by Gasteiger charge is -2.28. The number of hydrogen-bond donors (Lipinski definition) is 2. The minimum absolute atomic E-state index is 0.592. The number of carboxylic acid groups (broad SMARTS) is 1. The Kier molecular flexibility index (Phi) is 9.06. The fourth-order valence-electron chi connectivity index (χ4n) is 2.58. The van der Waals surface area contributed by atoms with E-state index in [2.05, 4.69) is 38.0 Å². The van der Waals surface area contributed by atoms with Crippen molar-refractivity contribution in [1.29, 1.82) is 0 Å². The molecule has 2 unspecified atom stereocenters. The van der Waals surface area contributed by atoms with E-state index >= 15 is 0 Å². The van der Waals surface area contributed by atoms with Crippen LogP contribution in [0.1, 0.15) is 60.3 Å². The zero-order chi connectivity index (χ0) is 15.8. The van der Waals surface area contributed by atoms with Crippen molar-refractivity contribution in [3.05, 3.63) is 0 Å². The predicted octanol–water partition coefficient (Wildman–Crippen LogP) is 2.98. The van der Waals surface area contributed by atoms with Gasteiger partial charge in [0.05, 0.1) is 0 Å². The standard InChI is InChI=1S/C16H34N2O2/c1-7-17-16(5,15(19)20)10-8-9-11-18(6)14(4)12-13(2)3/h13-14,17H,7-12H2,1-6H3,(H,19,20). The molecular formula is C16H34N2O2. The van der Waals surface area contributed by atoms with E-state index in [1.54, 1.807) is 6.92 Å². The van der Waals surface area contributed by atoms with Crippen LogP contribution in [-0.2, 0) is 4.79 Å². The molecule has 0 amide bonds. The van der Waals surface area contributed by atoms with Gasteiger partial charge in [-0.1, -0.05) is 20.8 Å². The third-order valence-electron chi connectivity index (χ3n) is 4.04. The Balaban J connectivity index is 4.02. The first-order valence-electron chi connectivity index (χ1n) is 7.91. The highest BCUT2D eigenvalue weighted by Gasteiger charge is 2.31. The van der Waals surface area contributed by atoms with Crippen LogP contribution in [0.4, 0.5) is 0 Å². The third kappa shape index (κ3) is 7.25. The van der Waals surface area contributed by atoms with Gasteiger partial charge < -0.3 is 15.3 Å². The van der Waals surface area contributed by atoms with Crippen LogP contribution in [0, 0.1) is 5.92 Å². The van der Waals surface area contributed by atoms with Crippen LogP contribution in [0.25, 0.3) is 0 Å². The van der Waals surface area contributed by atoms with Crippen LogP contribution in [0.5, 0.6) is 0 Å². The summed E-state index contributed by atoms with van der Waals surface area (Å²) in [6.07, 6.45) is 3.88. The summed E-state index contributed by atoms with van der Waals surface area (Å²) in [5, 5.41) is 12.4. The van der Waals surface area contributed by atoms with Gasteiger partial charge in [-0.2, -0.15) is 0 Å². The zero-order valence-electron chi connectivity index (χ0n) is 14.2. The van der Waals surface area contributed by atoms with E-state index in [9.17, 15) is 9.90 Å². The molecule has 0 heterocycles. The second-order valence-corrected chi connectivity index (χ2v) is 6.58. The van der Waals surface area contributed by atoms with E-state index in [-0.39, 0.29) is 0 Å². The summed E-state index contributed by atoms with van der Waals surface area (Å²) in [4.78, 5) is 13.7. The van der Waals surface area contributed by atoms with Crippen LogP contribution in [0.15, 0.2) is 0 Å². The molecule has 0 aromatic carbocycles. The van der Waals surface area contributed by atoms with Crippen LogP contribution >= 0.6 is 0 Å². The molecule has 120 valence electrons. The van der Waals surface area contributed by atoms with E-state index in [0.29, 0.717) is 19.0 Å². The lowest BCUT2D eigenvalue weighted by molar-refractivity contribution is -0.144. The van der Waals surface area contributed by atoms with Gasteiger partial charge in [0.1, 0.15) is 5.54 Å². The van der Waals surface area contributed by atoms with Crippen molar-refractivity contribution >= 4 is 5.97 Å². The number of hydrogen-bond acceptors (Lipinski definition) is 3. The molecule has 0 aliphatic carbocycles. The summed E-state index contributed by atoms with van der Waals surface area (Å²) in [6, 6.07) is 0.592. The second-order valence-electron chi connectivity index (χ2n) is 6.58. The minimum atomic E-state index is -0.781. The molecule has 2 N–H and O–H groups in total. The van der Waals surface area contributed by atoms with Gasteiger partial charge in [0.2, 0.25) is 0 Å². The maximum Gasteiger partial charge on any atom is 0.323 e. The molecule has 0 aromatic heterocycles. The number of carboxylic acids is 1. The summed E-state index contributed by atoms with van der Waals surface area (Å²) in [5.41, 5.74) is -0.781. The molecule has 0 radical (unpaired) electrons. The van der Waals surface area contributed by atoms with Crippen molar-refractivity contribution < 1.29 is 9.90 Å². The van der Waals surface area contributed by atoms with E-state index in [4.69, 9.17) is 0 Å². The van der Waals surface area contributed by atoms with Crippen LogP contribution < -0.4 is 5.32 Å². The number of aliphatic carboxylic acids is 1. The fourth-order valence-corrected chi connectivity index (χ4v) is 2.58. The molecule has 0 saturated carbocycles. The first-order valence-corrected chi connectivity index (χ1v) is 7.91. The van der Waals surface area contributed by atoms with Crippen molar-refractivity contribution in [2.75, 3.05) is 20.1 Å². The first-order chi connectivity index (χ1) is 9.23. The summed E-state index contributed by atoms with van der Waals surface area (Å²) < 4.78 is 0. The number of unbranched alkanes of at least 4 members (excludes halogenated alkanes) is 1. The minimum Gasteiger partial charge on any atom is -0.480 e. The number of rotatable bonds is 11. The Morgan fingerprint density at radius 3 is 2.35 bits per heavy atom. The van der Waals surface area contributed by atoms with Gasteiger partial charge in [-0.25, -0.2) is 0 Å². The average Bonchev–Trinajstić information content (AvgIpc) is 2.33. The molecule has 20 heavy (non-hydrogen) atoms. The topological polar surface area (TPSA) is 52.6 Å². The molecule has 0 aliphatic rings. The Labute approximate surface area is 124 Å². The zero-order valence-corrected chi connectivity index (χ0v) is 14.2. The molecule has 0 aromatic rings. The number of nitrogens with one attached hydrogen (secondary N) is 1. The van der Waals surface area contributed by atoms with Crippen LogP contribution in [0.2, 0.25) is 0 Å². The van der Waals surface area contributed by atoms with Crippen molar-refractivity contribution in [3.63, 3.8) is 0 Å². The fraction of sp³-hybridized carbons (Fsp3) is 0.938. The summed E-state index contributed by atoms with van der Waals surface area (Å²) >= 11 is 0. The lowest BCUT2D eigenvalue weighted by Crippen LogP contribution is -2.49. The molecule has 0 bridgehead atoms. The molecule has 0 fully saturated rings. The smallest absolute Gasteiger partial charge is 0.323 e. The molecule has 0 aliphatic heterocycles. The van der Waals surface area contributed by atoms with Gasteiger partial charge in [-0.05, 0) is 65.6 Å². The normalized spacial score (nSPS) is 16.4. The van der Waals surface area contributed by atoms with Crippen LogP contribution in [0.3, 0.4) is 0 Å².